The first-order chi connectivity index (χ1) is 11.7. The number of pyridine rings is 1. The average molecular weight is 321 g/mol. The van der Waals surface area contributed by atoms with Crippen LogP contribution in [0.2, 0.25) is 0 Å². The fourth-order valence-corrected chi connectivity index (χ4v) is 2.16. The number of halogens is 1. The van der Waals surface area contributed by atoms with Crippen LogP contribution in [0.3, 0.4) is 0 Å². The number of benzene rings is 2. The van der Waals surface area contributed by atoms with Gasteiger partial charge in [-0.15, -0.1) is 0 Å². The van der Waals surface area contributed by atoms with Crippen molar-refractivity contribution in [3.63, 3.8) is 0 Å². The van der Waals surface area contributed by atoms with E-state index in [2.05, 4.69) is 15.6 Å². The zero-order chi connectivity index (χ0) is 16.8. The Bertz CT molecular complexity index is 802. The van der Waals surface area contributed by atoms with Gasteiger partial charge in [0.05, 0.1) is 11.9 Å². The molecule has 1 aromatic heterocycles. The van der Waals surface area contributed by atoms with Gasteiger partial charge >= 0.3 is 0 Å². The van der Waals surface area contributed by atoms with E-state index in [0.717, 1.165) is 11.3 Å². The van der Waals surface area contributed by atoms with Crippen molar-refractivity contribution in [2.75, 3.05) is 10.6 Å². The second-order valence-electron chi connectivity index (χ2n) is 5.23. The number of hydrogen-bond donors (Lipinski definition) is 2. The number of nitrogens with zero attached hydrogens (tertiary/aromatic N) is 1. The van der Waals surface area contributed by atoms with Crippen molar-refractivity contribution in [3.05, 3.63) is 90.0 Å². The SMILES string of the molecule is O=C(Nc1ccc(F)cc1)c1ccc(NCc2ccccc2)cn1. The van der Waals surface area contributed by atoms with Crippen LogP contribution in [0.15, 0.2) is 72.9 Å². The first kappa shape index (κ1) is 15.7. The third-order valence-corrected chi connectivity index (χ3v) is 3.44. The molecule has 0 saturated carbocycles. The number of anilines is 2. The molecule has 1 heterocycles. The van der Waals surface area contributed by atoms with E-state index in [1.54, 1.807) is 18.3 Å². The van der Waals surface area contributed by atoms with Crippen LogP contribution in [0.5, 0.6) is 0 Å². The van der Waals surface area contributed by atoms with Crippen LogP contribution in [-0.2, 0) is 6.54 Å². The van der Waals surface area contributed by atoms with Gasteiger partial charge in [-0.1, -0.05) is 30.3 Å². The largest absolute Gasteiger partial charge is 0.380 e. The molecule has 120 valence electrons. The van der Waals surface area contributed by atoms with E-state index in [1.807, 2.05) is 30.3 Å². The van der Waals surface area contributed by atoms with Crippen LogP contribution in [0, 0.1) is 5.82 Å². The van der Waals surface area contributed by atoms with Gasteiger partial charge in [-0.05, 0) is 42.0 Å². The predicted molar refractivity (Wildman–Crippen MR) is 92.4 cm³/mol. The summed E-state index contributed by atoms with van der Waals surface area (Å²) in [4.78, 5) is 16.3. The molecule has 0 fully saturated rings. The molecule has 0 atom stereocenters. The number of carbonyl (C=O) groups excluding carboxylic acids is 1. The number of rotatable bonds is 5. The minimum Gasteiger partial charge on any atom is -0.380 e. The number of amides is 1. The van der Waals surface area contributed by atoms with Crippen LogP contribution >= 0.6 is 0 Å². The highest BCUT2D eigenvalue weighted by atomic mass is 19.1. The summed E-state index contributed by atoms with van der Waals surface area (Å²) in [6.45, 7) is 0.684. The highest BCUT2D eigenvalue weighted by Crippen LogP contribution is 2.12. The van der Waals surface area contributed by atoms with Gasteiger partial charge in [-0.25, -0.2) is 9.37 Å². The molecule has 0 aliphatic rings. The lowest BCUT2D eigenvalue weighted by Gasteiger charge is -2.08. The number of aromatic nitrogens is 1. The molecule has 24 heavy (non-hydrogen) atoms. The minimum atomic E-state index is -0.347. The van der Waals surface area contributed by atoms with Crippen LogP contribution < -0.4 is 10.6 Å². The quantitative estimate of drug-likeness (QED) is 0.744. The van der Waals surface area contributed by atoms with Crippen LogP contribution in [0.4, 0.5) is 15.8 Å². The summed E-state index contributed by atoms with van der Waals surface area (Å²) < 4.78 is 12.9. The van der Waals surface area contributed by atoms with Gasteiger partial charge < -0.3 is 10.6 Å². The molecule has 0 unspecified atom stereocenters. The molecule has 0 saturated heterocycles. The van der Waals surface area contributed by atoms with Crippen molar-refractivity contribution in [2.24, 2.45) is 0 Å². The normalized spacial score (nSPS) is 10.2. The van der Waals surface area contributed by atoms with Crippen molar-refractivity contribution in [2.45, 2.75) is 6.54 Å². The Kier molecular flexibility index (Phi) is 4.81. The molecule has 2 N–H and O–H groups in total. The van der Waals surface area contributed by atoms with Crippen molar-refractivity contribution in [1.29, 1.82) is 0 Å². The fraction of sp³-hybridized carbons (Fsp3) is 0.0526. The molecule has 5 heteroatoms. The van der Waals surface area contributed by atoms with E-state index in [4.69, 9.17) is 0 Å². The van der Waals surface area contributed by atoms with Gasteiger partial charge in [0.2, 0.25) is 0 Å². The van der Waals surface area contributed by atoms with E-state index in [0.29, 0.717) is 17.9 Å². The van der Waals surface area contributed by atoms with E-state index in [1.165, 1.54) is 24.3 Å². The molecule has 0 radical (unpaired) electrons. The molecule has 4 nitrogen and oxygen atoms in total. The zero-order valence-electron chi connectivity index (χ0n) is 12.9. The Labute approximate surface area is 139 Å². The van der Waals surface area contributed by atoms with Gasteiger partial charge in [0.25, 0.3) is 5.91 Å². The van der Waals surface area contributed by atoms with Crippen molar-refractivity contribution in [3.8, 4) is 0 Å². The van der Waals surface area contributed by atoms with Crippen molar-refractivity contribution < 1.29 is 9.18 Å². The molecular weight excluding hydrogens is 305 g/mol. The molecule has 3 aromatic rings. The van der Waals surface area contributed by atoms with Gasteiger partial charge in [-0.3, -0.25) is 4.79 Å². The summed E-state index contributed by atoms with van der Waals surface area (Å²) in [7, 11) is 0. The first-order valence-corrected chi connectivity index (χ1v) is 7.51. The molecule has 0 bridgehead atoms. The highest BCUT2D eigenvalue weighted by Gasteiger charge is 2.07. The topological polar surface area (TPSA) is 54.0 Å². The predicted octanol–water partition coefficient (Wildman–Crippen LogP) is 4.09. The molecule has 0 spiro atoms. The average Bonchev–Trinajstić information content (AvgIpc) is 2.63. The van der Waals surface area contributed by atoms with Crippen LogP contribution in [-0.4, -0.2) is 10.9 Å². The minimum absolute atomic E-state index is 0.296. The van der Waals surface area contributed by atoms with E-state index < -0.39 is 0 Å². The second-order valence-corrected chi connectivity index (χ2v) is 5.23. The van der Waals surface area contributed by atoms with Crippen molar-refractivity contribution >= 4 is 17.3 Å². The lowest BCUT2D eigenvalue weighted by Crippen LogP contribution is -2.13. The molecule has 1 amide bonds. The lowest BCUT2D eigenvalue weighted by atomic mass is 10.2. The Morgan fingerprint density at radius 1 is 0.917 bits per heavy atom. The summed E-state index contributed by atoms with van der Waals surface area (Å²) in [5, 5.41) is 5.92. The number of nitrogens with one attached hydrogen (secondary N) is 2. The monoisotopic (exact) mass is 321 g/mol. The number of hydrogen-bond acceptors (Lipinski definition) is 3. The summed E-state index contributed by atoms with van der Waals surface area (Å²) >= 11 is 0. The van der Waals surface area contributed by atoms with Gasteiger partial charge in [0.15, 0.2) is 0 Å². The lowest BCUT2D eigenvalue weighted by molar-refractivity contribution is 0.102. The fourth-order valence-electron chi connectivity index (χ4n) is 2.16. The molecule has 0 aliphatic heterocycles. The summed E-state index contributed by atoms with van der Waals surface area (Å²) in [5.74, 6) is -0.684. The molecule has 2 aromatic carbocycles. The second kappa shape index (κ2) is 7.37. The van der Waals surface area contributed by atoms with E-state index >= 15 is 0 Å². The smallest absolute Gasteiger partial charge is 0.274 e. The van der Waals surface area contributed by atoms with E-state index in [9.17, 15) is 9.18 Å². The molecular formula is C19H16FN3O. The number of carbonyl (C=O) groups is 1. The summed E-state index contributed by atoms with van der Waals surface area (Å²) in [5.41, 5.74) is 2.81. The van der Waals surface area contributed by atoms with Gasteiger partial charge in [0.1, 0.15) is 11.5 Å². The van der Waals surface area contributed by atoms with Crippen LogP contribution in [0.1, 0.15) is 16.1 Å². The maximum atomic E-state index is 12.9. The van der Waals surface area contributed by atoms with Gasteiger partial charge in [-0.2, -0.15) is 0 Å². The van der Waals surface area contributed by atoms with Crippen LogP contribution in [0.25, 0.3) is 0 Å². The van der Waals surface area contributed by atoms with E-state index in [-0.39, 0.29) is 11.7 Å². The Morgan fingerprint density at radius 2 is 1.62 bits per heavy atom. The summed E-state index contributed by atoms with van der Waals surface area (Å²) in [6, 6.07) is 19.0. The Balaban J connectivity index is 1.59. The maximum Gasteiger partial charge on any atom is 0.274 e. The highest BCUT2D eigenvalue weighted by molar-refractivity contribution is 6.02. The third-order valence-electron chi connectivity index (χ3n) is 3.44. The Hall–Kier alpha value is -3.21. The maximum absolute atomic E-state index is 12.9. The first-order valence-electron chi connectivity index (χ1n) is 7.51. The summed E-state index contributed by atoms with van der Waals surface area (Å²) in [6.07, 6.45) is 1.61. The molecule has 3 rings (SSSR count). The third kappa shape index (κ3) is 4.16. The van der Waals surface area contributed by atoms with Gasteiger partial charge in [0, 0.05) is 12.2 Å². The zero-order valence-corrected chi connectivity index (χ0v) is 12.9. The molecule has 0 aliphatic carbocycles. The standard InChI is InChI=1S/C19H16FN3O/c20-15-6-8-16(9-7-15)23-19(24)18-11-10-17(13-22-18)21-12-14-4-2-1-3-5-14/h1-11,13,21H,12H2,(H,23,24). The Morgan fingerprint density at radius 3 is 2.29 bits per heavy atom. The van der Waals surface area contributed by atoms with Crippen molar-refractivity contribution in [1.82, 2.24) is 4.98 Å².